The molecule has 1 rings (SSSR count). The molecule has 0 aromatic heterocycles. The van der Waals surface area contributed by atoms with E-state index >= 15 is 0 Å². The summed E-state index contributed by atoms with van der Waals surface area (Å²) in [4.78, 5) is 23.9. The summed E-state index contributed by atoms with van der Waals surface area (Å²) in [6.45, 7) is 9.90. The van der Waals surface area contributed by atoms with Crippen molar-refractivity contribution in [2.45, 2.75) is 65.1 Å². The zero-order chi connectivity index (χ0) is 19.8. The van der Waals surface area contributed by atoms with E-state index < -0.39 is 17.3 Å². The summed E-state index contributed by atoms with van der Waals surface area (Å²) in [6.07, 6.45) is 0.979. The highest BCUT2D eigenvalue weighted by Gasteiger charge is 2.21. The van der Waals surface area contributed by atoms with Gasteiger partial charge in [-0.2, -0.15) is 0 Å². The van der Waals surface area contributed by atoms with E-state index in [0.29, 0.717) is 24.9 Å². The lowest BCUT2D eigenvalue weighted by Crippen LogP contribution is -2.35. The lowest BCUT2D eigenvalue weighted by Gasteiger charge is -2.26. The molecule has 3 N–H and O–H groups in total. The Hall–Kier alpha value is -2.08. The van der Waals surface area contributed by atoms with Crippen molar-refractivity contribution < 1.29 is 19.4 Å². The van der Waals surface area contributed by atoms with Gasteiger partial charge in [0.2, 0.25) is 0 Å². The highest BCUT2D eigenvalue weighted by molar-refractivity contribution is 5.97. The van der Waals surface area contributed by atoms with Crippen molar-refractivity contribution in [3.63, 3.8) is 0 Å². The predicted octanol–water partition coefficient (Wildman–Crippen LogP) is 3.75. The first-order valence-corrected chi connectivity index (χ1v) is 9.15. The van der Waals surface area contributed by atoms with E-state index in [1.165, 1.54) is 0 Å². The summed E-state index contributed by atoms with van der Waals surface area (Å²) >= 11 is 0. The number of amides is 1. The molecule has 0 fully saturated rings. The molecule has 0 bridgehead atoms. The van der Waals surface area contributed by atoms with Gasteiger partial charge in [0.25, 0.3) is 0 Å². The minimum Gasteiger partial charge on any atom is -0.444 e. The van der Waals surface area contributed by atoms with E-state index in [2.05, 4.69) is 10.6 Å². The smallest absolute Gasteiger partial charge is 0.407 e. The molecule has 0 spiro atoms. The van der Waals surface area contributed by atoms with Gasteiger partial charge in [-0.25, -0.2) is 4.79 Å². The Morgan fingerprint density at radius 2 is 1.81 bits per heavy atom. The van der Waals surface area contributed by atoms with Crippen LogP contribution in [0.4, 0.5) is 10.5 Å². The molecular formula is C20H32N2O4. The van der Waals surface area contributed by atoms with E-state index in [0.717, 1.165) is 5.69 Å². The quantitative estimate of drug-likeness (QED) is 0.581. The number of anilines is 1. The van der Waals surface area contributed by atoms with Crippen LogP contribution in [-0.4, -0.2) is 41.3 Å². The van der Waals surface area contributed by atoms with Crippen molar-refractivity contribution in [3.05, 3.63) is 29.8 Å². The monoisotopic (exact) mass is 364 g/mol. The van der Waals surface area contributed by atoms with Crippen LogP contribution in [0.2, 0.25) is 0 Å². The summed E-state index contributed by atoms with van der Waals surface area (Å²) < 4.78 is 5.13. The SMILES string of the molecule is CCC(O)(CC)CNc1cccc(C(=O)CCNC(=O)OC(C)(C)C)c1. The number of Topliss-reactive ketones (excluding diaryl/α,β-unsaturated/α-hetero) is 1. The number of hydrogen-bond acceptors (Lipinski definition) is 5. The number of hydrogen-bond donors (Lipinski definition) is 3. The second-order valence-electron chi connectivity index (χ2n) is 7.47. The van der Waals surface area contributed by atoms with Crippen LogP contribution in [0.25, 0.3) is 0 Å². The molecule has 0 unspecified atom stereocenters. The van der Waals surface area contributed by atoms with Gasteiger partial charge in [0.05, 0.1) is 5.60 Å². The van der Waals surface area contributed by atoms with E-state index in [4.69, 9.17) is 4.74 Å². The Balaban J connectivity index is 2.54. The number of alkyl carbamates (subject to hydrolysis) is 1. The highest BCUT2D eigenvalue weighted by atomic mass is 16.6. The maximum atomic E-state index is 12.3. The van der Waals surface area contributed by atoms with Crippen LogP contribution < -0.4 is 10.6 Å². The van der Waals surface area contributed by atoms with Crippen LogP contribution in [0.1, 0.15) is 64.2 Å². The van der Waals surface area contributed by atoms with Gasteiger partial charge in [0.15, 0.2) is 5.78 Å². The number of aliphatic hydroxyl groups is 1. The van der Waals surface area contributed by atoms with Crippen molar-refractivity contribution in [2.75, 3.05) is 18.4 Å². The van der Waals surface area contributed by atoms with Gasteiger partial charge < -0.3 is 20.5 Å². The second-order valence-corrected chi connectivity index (χ2v) is 7.47. The van der Waals surface area contributed by atoms with Gasteiger partial charge in [0.1, 0.15) is 5.60 Å². The minimum atomic E-state index is -0.753. The average molecular weight is 364 g/mol. The normalized spacial score (nSPS) is 11.8. The molecule has 1 aromatic rings. The number of rotatable bonds is 9. The molecule has 0 radical (unpaired) electrons. The molecule has 1 amide bonds. The van der Waals surface area contributed by atoms with Gasteiger partial charge in [-0.15, -0.1) is 0 Å². The standard InChI is InChI=1S/C20H32N2O4/c1-6-20(25,7-2)14-22-16-10-8-9-15(13-16)17(23)11-12-21-18(24)26-19(3,4)5/h8-10,13,22,25H,6-7,11-12,14H2,1-5H3,(H,21,24). The fourth-order valence-corrected chi connectivity index (χ4v) is 2.31. The Morgan fingerprint density at radius 1 is 1.15 bits per heavy atom. The molecule has 6 nitrogen and oxygen atoms in total. The van der Waals surface area contributed by atoms with Gasteiger partial charge in [-0.05, 0) is 45.7 Å². The van der Waals surface area contributed by atoms with E-state index in [-0.39, 0.29) is 18.7 Å². The molecule has 0 atom stereocenters. The molecule has 0 saturated carbocycles. The van der Waals surface area contributed by atoms with Crippen molar-refractivity contribution in [3.8, 4) is 0 Å². The molecule has 0 aliphatic heterocycles. The van der Waals surface area contributed by atoms with Gasteiger partial charge >= 0.3 is 6.09 Å². The van der Waals surface area contributed by atoms with Crippen LogP contribution in [0.5, 0.6) is 0 Å². The number of ether oxygens (including phenoxy) is 1. The molecule has 0 aliphatic rings. The van der Waals surface area contributed by atoms with Crippen LogP contribution in [0, 0.1) is 0 Å². The van der Waals surface area contributed by atoms with E-state index in [9.17, 15) is 14.7 Å². The third-order valence-electron chi connectivity index (χ3n) is 4.14. The molecule has 146 valence electrons. The summed E-state index contributed by atoms with van der Waals surface area (Å²) in [6, 6.07) is 7.17. The van der Waals surface area contributed by atoms with Crippen LogP contribution in [0.3, 0.4) is 0 Å². The lowest BCUT2D eigenvalue weighted by atomic mass is 9.97. The van der Waals surface area contributed by atoms with Gasteiger partial charge in [0, 0.05) is 30.8 Å². The van der Waals surface area contributed by atoms with E-state index in [1.807, 2.05) is 19.9 Å². The first kappa shape index (κ1) is 22.0. The molecule has 0 aliphatic carbocycles. The van der Waals surface area contributed by atoms with Crippen molar-refractivity contribution >= 4 is 17.6 Å². The first-order chi connectivity index (χ1) is 12.1. The summed E-state index contributed by atoms with van der Waals surface area (Å²) in [5, 5.41) is 16.1. The van der Waals surface area contributed by atoms with Crippen molar-refractivity contribution in [1.82, 2.24) is 5.32 Å². The molecule has 26 heavy (non-hydrogen) atoms. The fourth-order valence-electron chi connectivity index (χ4n) is 2.31. The van der Waals surface area contributed by atoms with Crippen LogP contribution >= 0.6 is 0 Å². The third kappa shape index (κ3) is 7.87. The zero-order valence-electron chi connectivity index (χ0n) is 16.5. The Bertz CT molecular complexity index is 604. The molecule has 1 aromatic carbocycles. The summed E-state index contributed by atoms with van der Waals surface area (Å²) in [7, 11) is 0. The summed E-state index contributed by atoms with van der Waals surface area (Å²) in [5.74, 6) is -0.0639. The fraction of sp³-hybridized carbons (Fsp3) is 0.600. The second kappa shape index (κ2) is 9.57. The third-order valence-corrected chi connectivity index (χ3v) is 4.14. The number of carbonyl (C=O) groups is 2. The Kier molecular flexibility index (Phi) is 8.08. The van der Waals surface area contributed by atoms with Crippen LogP contribution in [-0.2, 0) is 4.74 Å². The number of carbonyl (C=O) groups excluding carboxylic acids is 2. The van der Waals surface area contributed by atoms with Crippen molar-refractivity contribution in [1.29, 1.82) is 0 Å². The predicted molar refractivity (Wildman–Crippen MR) is 104 cm³/mol. The maximum Gasteiger partial charge on any atom is 0.407 e. The minimum absolute atomic E-state index is 0.0639. The first-order valence-electron chi connectivity index (χ1n) is 9.15. The topological polar surface area (TPSA) is 87.7 Å². The average Bonchev–Trinajstić information content (AvgIpc) is 2.58. The lowest BCUT2D eigenvalue weighted by molar-refractivity contribution is 0.0456. The van der Waals surface area contributed by atoms with Crippen LogP contribution in [0.15, 0.2) is 24.3 Å². The maximum absolute atomic E-state index is 12.3. The Labute approximate surface area is 156 Å². The zero-order valence-corrected chi connectivity index (χ0v) is 16.5. The largest absolute Gasteiger partial charge is 0.444 e. The van der Waals surface area contributed by atoms with Crippen molar-refractivity contribution in [2.24, 2.45) is 0 Å². The highest BCUT2D eigenvalue weighted by Crippen LogP contribution is 2.18. The molecule has 0 heterocycles. The number of nitrogens with one attached hydrogen (secondary N) is 2. The molecular weight excluding hydrogens is 332 g/mol. The van der Waals surface area contributed by atoms with E-state index in [1.54, 1.807) is 39.0 Å². The number of ketones is 1. The van der Waals surface area contributed by atoms with Gasteiger partial charge in [-0.3, -0.25) is 4.79 Å². The molecule has 0 saturated heterocycles. The van der Waals surface area contributed by atoms with Gasteiger partial charge in [-0.1, -0.05) is 26.0 Å². The summed E-state index contributed by atoms with van der Waals surface area (Å²) in [5.41, 5.74) is 0.0402. The number of benzene rings is 1. The molecule has 6 heteroatoms. The Morgan fingerprint density at radius 3 is 2.38 bits per heavy atom.